The molecule has 0 bridgehead atoms. The first-order valence-corrected chi connectivity index (χ1v) is 17.1. The lowest BCUT2D eigenvalue weighted by molar-refractivity contribution is -0.141. The maximum Gasteiger partial charge on any atom is 0.245 e. The van der Waals surface area contributed by atoms with Crippen LogP contribution in [0.2, 0.25) is 0 Å². The van der Waals surface area contributed by atoms with Gasteiger partial charge in [0.1, 0.15) is 11.8 Å². The van der Waals surface area contributed by atoms with Crippen LogP contribution in [0, 0.1) is 23.7 Å². The van der Waals surface area contributed by atoms with Gasteiger partial charge >= 0.3 is 0 Å². The Morgan fingerprint density at radius 3 is 2.18 bits per heavy atom. The Bertz CT molecular complexity index is 957. The second-order valence-corrected chi connectivity index (χ2v) is 14.5. The molecule has 2 saturated carbocycles. The molecule has 38 heavy (non-hydrogen) atoms. The van der Waals surface area contributed by atoms with Crippen LogP contribution in [0.3, 0.4) is 0 Å². The van der Waals surface area contributed by atoms with Crippen LogP contribution in [0.1, 0.15) is 104 Å². The molecule has 5 atom stereocenters. The number of sulfonamides is 1. The van der Waals surface area contributed by atoms with Crippen LogP contribution in [0.5, 0.6) is 0 Å². The zero-order valence-corrected chi connectivity index (χ0v) is 24.5. The molecule has 1 N–H and O–H groups in total. The van der Waals surface area contributed by atoms with Crippen LogP contribution in [0.25, 0.3) is 0 Å². The summed E-state index contributed by atoms with van der Waals surface area (Å²) in [4.78, 5) is 42.5. The van der Waals surface area contributed by atoms with Gasteiger partial charge in [-0.15, -0.1) is 0 Å². The number of nitrogens with zero attached hydrogens (tertiary/aromatic N) is 2. The SMILES string of the molecule is CC[C@@H](C)C(=O)N[C@H](C(=O)N1CC[C@@H]2[C@H]1[C@@H](C(=O)CCC1CCCCC1)CN2S(C)(=O)=O)C1CCCCC1. The fraction of sp³-hybridized carbons (Fsp3) is 0.897. The summed E-state index contributed by atoms with van der Waals surface area (Å²) in [6, 6.07) is -1.42. The van der Waals surface area contributed by atoms with E-state index in [2.05, 4.69) is 5.32 Å². The summed E-state index contributed by atoms with van der Waals surface area (Å²) in [6.07, 6.45) is 14.9. The minimum atomic E-state index is -3.51. The highest BCUT2D eigenvalue weighted by atomic mass is 32.2. The number of amides is 2. The van der Waals surface area contributed by atoms with Crippen molar-refractivity contribution in [3.63, 3.8) is 0 Å². The first-order valence-electron chi connectivity index (χ1n) is 15.2. The van der Waals surface area contributed by atoms with Crippen molar-refractivity contribution in [1.82, 2.24) is 14.5 Å². The summed E-state index contributed by atoms with van der Waals surface area (Å²) in [7, 11) is -3.51. The molecule has 4 aliphatic rings. The molecule has 8 nitrogen and oxygen atoms in total. The number of Topliss-reactive ketones (excluding diaryl/α,β-unsaturated/α-hetero) is 1. The van der Waals surface area contributed by atoms with Gasteiger partial charge in [-0.05, 0) is 43.9 Å². The van der Waals surface area contributed by atoms with Crippen molar-refractivity contribution in [3.05, 3.63) is 0 Å². The summed E-state index contributed by atoms with van der Waals surface area (Å²) >= 11 is 0. The van der Waals surface area contributed by atoms with Crippen molar-refractivity contribution in [1.29, 1.82) is 0 Å². The Morgan fingerprint density at radius 2 is 1.58 bits per heavy atom. The summed E-state index contributed by atoms with van der Waals surface area (Å²) in [5.74, 6) is -0.157. The predicted molar refractivity (Wildman–Crippen MR) is 148 cm³/mol. The zero-order chi connectivity index (χ0) is 27.4. The molecule has 9 heteroatoms. The zero-order valence-electron chi connectivity index (χ0n) is 23.7. The number of nitrogens with one attached hydrogen (secondary N) is 1. The lowest BCUT2D eigenvalue weighted by atomic mass is 9.82. The Hall–Kier alpha value is -1.48. The van der Waals surface area contributed by atoms with E-state index in [1.807, 2.05) is 13.8 Å². The molecule has 0 unspecified atom stereocenters. The fourth-order valence-corrected chi connectivity index (χ4v) is 8.64. The monoisotopic (exact) mass is 551 g/mol. The summed E-state index contributed by atoms with van der Waals surface area (Å²) < 4.78 is 26.9. The largest absolute Gasteiger partial charge is 0.344 e. The van der Waals surface area contributed by atoms with E-state index in [1.165, 1.54) is 42.7 Å². The standard InChI is InChI=1S/C29H49N3O5S/c1-4-20(2)28(34)30-26(22-13-9-6-10-14-22)29(35)31-18-17-24-27(31)23(19-32(24)38(3,36)37)25(33)16-15-21-11-7-5-8-12-21/h20-24,26-27H,4-19H2,1-3H3,(H,30,34)/t20-,23-,24-,26+,27-/m1/s1. The number of likely N-dealkylation sites (tertiary alicyclic amines) is 1. The van der Waals surface area contributed by atoms with Crippen LogP contribution in [-0.4, -0.2) is 72.7 Å². The lowest BCUT2D eigenvalue weighted by Crippen LogP contribution is -2.56. The fourth-order valence-electron chi connectivity index (χ4n) is 7.48. The molecule has 4 rings (SSSR count). The molecule has 2 saturated heterocycles. The molecule has 2 aliphatic heterocycles. The van der Waals surface area contributed by atoms with Crippen molar-refractivity contribution in [2.45, 2.75) is 122 Å². The van der Waals surface area contributed by atoms with Crippen molar-refractivity contribution in [2.75, 3.05) is 19.3 Å². The van der Waals surface area contributed by atoms with Gasteiger partial charge in [-0.2, -0.15) is 4.31 Å². The second kappa shape index (κ2) is 12.8. The Morgan fingerprint density at radius 1 is 0.947 bits per heavy atom. The molecule has 4 fully saturated rings. The molecule has 0 spiro atoms. The summed E-state index contributed by atoms with van der Waals surface area (Å²) in [5, 5.41) is 3.10. The van der Waals surface area contributed by atoms with Crippen molar-refractivity contribution >= 4 is 27.6 Å². The van der Waals surface area contributed by atoms with E-state index in [1.54, 1.807) is 4.90 Å². The molecule has 0 aromatic carbocycles. The van der Waals surface area contributed by atoms with Crippen LogP contribution >= 0.6 is 0 Å². The first kappa shape index (κ1) is 29.5. The van der Waals surface area contributed by atoms with Crippen molar-refractivity contribution in [3.8, 4) is 0 Å². The van der Waals surface area contributed by atoms with Crippen LogP contribution < -0.4 is 5.32 Å². The Labute approximate surface area is 229 Å². The smallest absolute Gasteiger partial charge is 0.245 e. The maximum atomic E-state index is 14.2. The number of ketones is 1. The first-order chi connectivity index (χ1) is 18.1. The van der Waals surface area contributed by atoms with Crippen LogP contribution in [-0.2, 0) is 24.4 Å². The molecule has 2 aliphatic carbocycles. The van der Waals surface area contributed by atoms with Gasteiger partial charge in [-0.25, -0.2) is 8.42 Å². The van der Waals surface area contributed by atoms with E-state index in [0.29, 0.717) is 31.7 Å². The third kappa shape index (κ3) is 6.62. The molecule has 0 aromatic rings. The molecule has 0 aromatic heterocycles. The van der Waals surface area contributed by atoms with Crippen molar-refractivity contribution in [2.24, 2.45) is 23.7 Å². The minimum absolute atomic E-state index is 0.0798. The van der Waals surface area contributed by atoms with E-state index in [-0.39, 0.29) is 42.0 Å². The van der Waals surface area contributed by atoms with Gasteiger partial charge < -0.3 is 10.2 Å². The highest BCUT2D eigenvalue weighted by molar-refractivity contribution is 7.88. The van der Waals surface area contributed by atoms with Gasteiger partial charge in [0.2, 0.25) is 21.8 Å². The quantitative estimate of drug-likeness (QED) is 0.444. The van der Waals surface area contributed by atoms with Gasteiger partial charge in [-0.3, -0.25) is 14.4 Å². The highest BCUT2D eigenvalue weighted by Crippen LogP contribution is 2.40. The number of carbonyl (C=O) groups is 3. The molecule has 2 heterocycles. The number of hydrogen-bond donors (Lipinski definition) is 1. The van der Waals surface area contributed by atoms with E-state index >= 15 is 0 Å². The minimum Gasteiger partial charge on any atom is -0.344 e. The number of hydrogen-bond acceptors (Lipinski definition) is 5. The van der Waals surface area contributed by atoms with Crippen LogP contribution in [0.4, 0.5) is 0 Å². The molecular formula is C29H49N3O5S. The third-order valence-electron chi connectivity index (χ3n) is 9.97. The Kier molecular flexibility index (Phi) is 9.93. The average molecular weight is 552 g/mol. The average Bonchev–Trinajstić information content (AvgIpc) is 3.51. The molecule has 0 radical (unpaired) electrons. The van der Waals surface area contributed by atoms with E-state index < -0.39 is 28.0 Å². The summed E-state index contributed by atoms with van der Waals surface area (Å²) in [6.45, 7) is 4.43. The normalized spacial score (nSPS) is 29.1. The molecule has 2 amide bonds. The van der Waals surface area contributed by atoms with Crippen LogP contribution in [0.15, 0.2) is 0 Å². The van der Waals surface area contributed by atoms with E-state index in [4.69, 9.17) is 0 Å². The second-order valence-electron chi connectivity index (χ2n) is 12.5. The third-order valence-corrected chi connectivity index (χ3v) is 11.2. The number of rotatable bonds is 10. The molecule has 216 valence electrons. The highest BCUT2D eigenvalue weighted by Gasteiger charge is 2.55. The number of carbonyl (C=O) groups excluding carboxylic acids is 3. The van der Waals surface area contributed by atoms with E-state index in [0.717, 1.165) is 38.5 Å². The van der Waals surface area contributed by atoms with E-state index in [9.17, 15) is 22.8 Å². The van der Waals surface area contributed by atoms with Gasteiger partial charge in [0.25, 0.3) is 0 Å². The maximum absolute atomic E-state index is 14.2. The topological polar surface area (TPSA) is 104 Å². The van der Waals surface area contributed by atoms with Gasteiger partial charge in [0.15, 0.2) is 0 Å². The lowest BCUT2D eigenvalue weighted by Gasteiger charge is -2.36. The molecular weight excluding hydrogens is 502 g/mol. The van der Waals surface area contributed by atoms with Crippen molar-refractivity contribution < 1.29 is 22.8 Å². The summed E-state index contributed by atoms with van der Waals surface area (Å²) in [5.41, 5.74) is 0. The van der Waals surface area contributed by atoms with Gasteiger partial charge in [0.05, 0.1) is 18.2 Å². The predicted octanol–water partition coefficient (Wildman–Crippen LogP) is 3.89. The Balaban J connectivity index is 1.55. The van der Waals surface area contributed by atoms with Gasteiger partial charge in [0, 0.05) is 31.5 Å². The van der Waals surface area contributed by atoms with Gasteiger partial charge in [-0.1, -0.05) is 65.2 Å². The number of fused-ring (bicyclic) bond motifs is 1.